The van der Waals surface area contributed by atoms with E-state index in [1.54, 1.807) is 38.3 Å². The smallest absolute Gasteiger partial charge is 0.247 e. The van der Waals surface area contributed by atoms with Crippen LogP contribution in [0, 0.1) is 0 Å². The fourth-order valence-corrected chi connectivity index (χ4v) is 3.94. The number of methoxy groups -OCH3 is 1. The van der Waals surface area contributed by atoms with Gasteiger partial charge in [-0.05, 0) is 61.9 Å². The molecule has 2 aromatic rings. The van der Waals surface area contributed by atoms with Crippen molar-refractivity contribution in [3.05, 3.63) is 60.2 Å². The van der Waals surface area contributed by atoms with E-state index in [2.05, 4.69) is 10.2 Å². The number of hydrogen-bond donors (Lipinski definition) is 2. The molecule has 1 fully saturated rings. The van der Waals surface area contributed by atoms with Crippen molar-refractivity contribution in [1.29, 1.82) is 0 Å². The Balaban J connectivity index is 0.00000145. The van der Waals surface area contributed by atoms with E-state index in [0.29, 0.717) is 17.1 Å². The third kappa shape index (κ3) is 8.24. The monoisotopic (exact) mass is 511 g/mol. The van der Waals surface area contributed by atoms with Gasteiger partial charge in [-0.15, -0.1) is 5.10 Å². The van der Waals surface area contributed by atoms with Crippen LogP contribution in [0.1, 0.15) is 25.8 Å². The standard InChI is InChI=1S/C24H27N5O3S.C2H6O/c1-16(5-6-17-7-9-18(10-8-17)28(2)3)26-27-24(25)33-21-15-22(30)29(23(21)31)19-11-13-20(32-4)14-12-19;1-2-3/h5-14,21H,15H2,1-4H3,(H2,25,27);3H,2H2,1H3/b6-5+,26-16+;. The molecule has 2 amide bonds. The largest absolute Gasteiger partial charge is 0.497 e. The van der Waals surface area contributed by atoms with Crippen LogP contribution in [-0.2, 0) is 9.59 Å². The van der Waals surface area contributed by atoms with Crippen molar-refractivity contribution in [2.24, 2.45) is 15.9 Å². The molecule has 0 spiro atoms. The number of imide groups is 1. The topological polar surface area (TPSA) is 121 Å². The molecular weight excluding hydrogens is 478 g/mol. The van der Waals surface area contributed by atoms with Crippen molar-refractivity contribution in [3.8, 4) is 5.75 Å². The molecule has 1 aliphatic heterocycles. The number of anilines is 2. The van der Waals surface area contributed by atoms with Crippen LogP contribution in [0.5, 0.6) is 5.75 Å². The maximum Gasteiger partial charge on any atom is 0.247 e. The molecule has 0 saturated carbocycles. The number of benzene rings is 2. The highest BCUT2D eigenvalue weighted by molar-refractivity contribution is 8.14. The summed E-state index contributed by atoms with van der Waals surface area (Å²) in [5.41, 5.74) is 9.28. The lowest BCUT2D eigenvalue weighted by Gasteiger charge is -2.15. The van der Waals surface area contributed by atoms with E-state index in [0.717, 1.165) is 23.0 Å². The van der Waals surface area contributed by atoms with Crippen LogP contribution in [0.4, 0.5) is 11.4 Å². The van der Waals surface area contributed by atoms with Crippen LogP contribution in [0.25, 0.3) is 6.08 Å². The summed E-state index contributed by atoms with van der Waals surface area (Å²) in [5, 5.41) is 15.2. The predicted molar refractivity (Wildman–Crippen MR) is 149 cm³/mol. The Hall–Kier alpha value is -3.63. The second kappa shape index (κ2) is 14.1. The molecule has 0 aliphatic carbocycles. The SMILES string of the molecule is CCO.COc1ccc(N2C(=O)CC(S/C(N)=N/N=C(C)/C=C/c3ccc(N(C)C)cc3)C2=O)cc1. The van der Waals surface area contributed by atoms with Gasteiger partial charge in [-0.25, -0.2) is 4.90 Å². The van der Waals surface area contributed by atoms with Crippen LogP contribution in [0.3, 0.4) is 0 Å². The molecule has 1 atom stereocenters. The molecule has 3 rings (SSSR count). The summed E-state index contributed by atoms with van der Waals surface area (Å²) in [4.78, 5) is 28.4. The van der Waals surface area contributed by atoms with Gasteiger partial charge in [0.15, 0.2) is 5.17 Å². The van der Waals surface area contributed by atoms with Gasteiger partial charge in [0.05, 0.1) is 18.5 Å². The first-order chi connectivity index (χ1) is 17.2. The van der Waals surface area contributed by atoms with Gasteiger partial charge in [-0.2, -0.15) is 5.10 Å². The predicted octanol–water partition coefficient (Wildman–Crippen LogP) is 3.53. The van der Waals surface area contributed by atoms with Crippen LogP contribution in [0.2, 0.25) is 0 Å². The first-order valence-corrected chi connectivity index (χ1v) is 12.2. The molecular formula is C26H33N5O4S. The average molecular weight is 512 g/mol. The minimum absolute atomic E-state index is 0.0529. The van der Waals surface area contributed by atoms with E-state index in [9.17, 15) is 9.59 Å². The molecule has 2 aromatic carbocycles. The number of hydrogen-bond acceptors (Lipinski definition) is 8. The first-order valence-electron chi connectivity index (χ1n) is 11.3. The van der Waals surface area contributed by atoms with E-state index >= 15 is 0 Å². The highest BCUT2D eigenvalue weighted by Crippen LogP contribution is 2.30. The highest BCUT2D eigenvalue weighted by atomic mass is 32.2. The molecule has 3 N–H and O–H groups in total. The van der Waals surface area contributed by atoms with Gasteiger partial charge in [0.25, 0.3) is 0 Å². The molecule has 1 unspecified atom stereocenters. The minimum Gasteiger partial charge on any atom is -0.497 e. The number of nitrogens with zero attached hydrogens (tertiary/aromatic N) is 4. The molecule has 0 aromatic heterocycles. The Kier molecular flexibility index (Phi) is 11.2. The summed E-state index contributed by atoms with van der Waals surface area (Å²) in [7, 11) is 5.54. The van der Waals surface area contributed by atoms with Crippen molar-refractivity contribution in [2.75, 3.05) is 37.6 Å². The summed E-state index contributed by atoms with van der Waals surface area (Å²) in [6.07, 6.45) is 3.82. The molecule has 10 heteroatoms. The van der Waals surface area contributed by atoms with E-state index in [-0.39, 0.29) is 30.0 Å². The van der Waals surface area contributed by atoms with Crippen molar-refractivity contribution >= 4 is 51.9 Å². The van der Waals surface area contributed by atoms with Crippen molar-refractivity contribution in [2.45, 2.75) is 25.5 Å². The number of allylic oxidation sites excluding steroid dienone is 1. The Labute approximate surface area is 216 Å². The molecule has 1 saturated heterocycles. The average Bonchev–Trinajstić information content (AvgIpc) is 3.14. The van der Waals surface area contributed by atoms with Crippen LogP contribution >= 0.6 is 11.8 Å². The van der Waals surface area contributed by atoms with Gasteiger partial charge in [-0.3, -0.25) is 9.59 Å². The van der Waals surface area contributed by atoms with Crippen molar-refractivity contribution in [1.82, 2.24) is 0 Å². The normalized spacial score (nSPS) is 16.3. The number of aliphatic hydroxyl groups is 1. The number of nitrogens with two attached hydrogens (primary N) is 1. The third-order valence-corrected chi connectivity index (χ3v) is 5.91. The lowest BCUT2D eigenvalue weighted by molar-refractivity contribution is -0.121. The van der Waals surface area contributed by atoms with E-state index < -0.39 is 5.25 Å². The molecule has 0 bridgehead atoms. The number of ether oxygens (including phenoxy) is 1. The van der Waals surface area contributed by atoms with Crippen LogP contribution in [0.15, 0.2) is 64.8 Å². The third-order valence-electron chi connectivity index (χ3n) is 4.93. The highest BCUT2D eigenvalue weighted by Gasteiger charge is 2.40. The molecule has 1 heterocycles. The van der Waals surface area contributed by atoms with Gasteiger partial charge in [0.1, 0.15) is 11.0 Å². The molecule has 192 valence electrons. The summed E-state index contributed by atoms with van der Waals surface area (Å²) >= 11 is 1.04. The van der Waals surface area contributed by atoms with Gasteiger partial charge in [-0.1, -0.05) is 30.0 Å². The number of carbonyl (C=O) groups is 2. The van der Waals surface area contributed by atoms with Crippen LogP contribution in [-0.4, -0.2) is 60.9 Å². The Morgan fingerprint density at radius 2 is 1.78 bits per heavy atom. The quantitative estimate of drug-likeness (QED) is 0.252. The molecule has 0 radical (unpaired) electrons. The first kappa shape index (κ1) is 28.6. The second-order valence-corrected chi connectivity index (χ2v) is 9.11. The molecule has 1 aliphatic rings. The summed E-state index contributed by atoms with van der Waals surface area (Å²) < 4.78 is 5.12. The fraction of sp³-hybridized carbons (Fsp3) is 0.308. The Bertz CT molecular complexity index is 1110. The zero-order chi connectivity index (χ0) is 26.7. The number of carbonyl (C=O) groups excluding carboxylic acids is 2. The van der Waals surface area contributed by atoms with E-state index in [1.807, 2.05) is 62.3 Å². The van der Waals surface area contributed by atoms with Crippen molar-refractivity contribution in [3.63, 3.8) is 0 Å². The molecule has 36 heavy (non-hydrogen) atoms. The lowest BCUT2D eigenvalue weighted by Crippen LogP contribution is -2.31. The Morgan fingerprint density at radius 3 is 2.33 bits per heavy atom. The fourth-order valence-electron chi connectivity index (χ4n) is 3.13. The zero-order valence-electron chi connectivity index (χ0n) is 21.2. The zero-order valence-corrected chi connectivity index (χ0v) is 22.0. The van der Waals surface area contributed by atoms with E-state index in [4.69, 9.17) is 15.6 Å². The summed E-state index contributed by atoms with van der Waals surface area (Å²) in [6, 6.07) is 14.9. The number of rotatable bonds is 7. The van der Waals surface area contributed by atoms with Gasteiger partial charge < -0.3 is 20.5 Å². The Morgan fingerprint density at radius 1 is 1.17 bits per heavy atom. The van der Waals surface area contributed by atoms with Crippen LogP contribution < -0.4 is 20.3 Å². The molecule has 9 nitrogen and oxygen atoms in total. The number of amides is 2. The van der Waals surface area contributed by atoms with Gasteiger partial charge in [0.2, 0.25) is 11.8 Å². The van der Waals surface area contributed by atoms with E-state index in [1.165, 1.54) is 4.90 Å². The van der Waals surface area contributed by atoms with Gasteiger partial charge in [0, 0.05) is 32.8 Å². The maximum absolute atomic E-state index is 12.8. The number of aliphatic hydroxyl groups excluding tert-OH is 1. The summed E-state index contributed by atoms with van der Waals surface area (Å²) in [6.45, 7) is 3.74. The minimum atomic E-state index is -0.635. The lowest BCUT2D eigenvalue weighted by atomic mass is 10.2. The van der Waals surface area contributed by atoms with Gasteiger partial charge >= 0.3 is 0 Å². The maximum atomic E-state index is 12.8. The number of thioether (sulfide) groups is 1. The van der Waals surface area contributed by atoms with Crippen molar-refractivity contribution < 1.29 is 19.4 Å². The summed E-state index contributed by atoms with van der Waals surface area (Å²) in [5.74, 6) is 0.0430. The second-order valence-electron chi connectivity index (χ2n) is 7.89. The number of amidine groups is 1.